The average Bonchev–Trinajstić information content (AvgIpc) is 3.18. The number of thiazole rings is 1. The maximum Gasteiger partial charge on any atom is 0.257 e. The summed E-state index contributed by atoms with van der Waals surface area (Å²) < 4.78 is 17.1. The lowest BCUT2D eigenvalue weighted by Gasteiger charge is -2.16. The lowest BCUT2D eigenvalue weighted by atomic mass is 10.0. The minimum atomic E-state index is -0.286. The Balaban J connectivity index is 1.87. The fourth-order valence-electron chi connectivity index (χ4n) is 3.24. The molecule has 31 heavy (non-hydrogen) atoms. The zero-order valence-electron chi connectivity index (χ0n) is 18.6. The average molecular weight is 441 g/mol. The van der Waals surface area contributed by atoms with E-state index in [2.05, 4.69) is 42.3 Å². The summed E-state index contributed by atoms with van der Waals surface area (Å²) in [5.74, 6) is 1.19. The Morgan fingerprint density at radius 1 is 0.968 bits per heavy atom. The monoisotopic (exact) mass is 440 g/mol. The number of carbonyl (C=O) groups is 1. The lowest BCUT2D eigenvalue weighted by Crippen LogP contribution is -2.13. The van der Waals surface area contributed by atoms with Crippen molar-refractivity contribution >= 4 is 22.4 Å². The van der Waals surface area contributed by atoms with Crippen molar-refractivity contribution in [2.24, 2.45) is 0 Å². The van der Waals surface area contributed by atoms with Gasteiger partial charge in [-0.25, -0.2) is 4.98 Å². The van der Waals surface area contributed by atoms with Crippen LogP contribution in [0, 0.1) is 13.8 Å². The van der Waals surface area contributed by atoms with Crippen molar-refractivity contribution in [3.8, 4) is 28.5 Å². The number of aromatic nitrogens is 1. The number of nitrogens with zero attached hydrogens (tertiary/aromatic N) is 1. The molecule has 0 spiro atoms. The number of amides is 1. The van der Waals surface area contributed by atoms with Gasteiger partial charge in [0.1, 0.15) is 0 Å². The summed E-state index contributed by atoms with van der Waals surface area (Å²) in [7, 11) is 0. The third kappa shape index (κ3) is 5.35. The summed E-state index contributed by atoms with van der Waals surface area (Å²) in [4.78, 5) is 17.6. The van der Waals surface area contributed by atoms with E-state index in [9.17, 15) is 4.79 Å². The van der Waals surface area contributed by atoms with E-state index in [0.29, 0.717) is 47.8 Å². The maximum absolute atomic E-state index is 13.0. The molecule has 0 saturated heterocycles. The molecule has 0 saturated carbocycles. The molecule has 1 heterocycles. The number of hydrogen-bond donors (Lipinski definition) is 1. The van der Waals surface area contributed by atoms with E-state index >= 15 is 0 Å². The standard InChI is InChI=1S/C24H28N2O4S/c1-6-28-20-12-17(13-21(29-7-2)22(20)30-8-3)23(27)26-24-25-19(14-31-24)18-10-9-15(4)11-16(18)5/h9-14H,6-8H2,1-5H3,(H,25,26,27). The quantitative estimate of drug-likeness (QED) is 0.450. The van der Waals surface area contributed by atoms with Crippen LogP contribution in [0.2, 0.25) is 0 Å². The molecule has 1 amide bonds. The van der Waals surface area contributed by atoms with Gasteiger partial charge >= 0.3 is 0 Å². The largest absolute Gasteiger partial charge is 0.490 e. The summed E-state index contributed by atoms with van der Waals surface area (Å²) in [6.07, 6.45) is 0. The molecule has 2 aromatic carbocycles. The second-order valence-corrected chi connectivity index (χ2v) is 7.77. The van der Waals surface area contributed by atoms with Gasteiger partial charge in [0.15, 0.2) is 16.6 Å². The maximum atomic E-state index is 13.0. The van der Waals surface area contributed by atoms with E-state index in [1.807, 2.05) is 26.2 Å². The van der Waals surface area contributed by atoms with Crippen molar-refractivity contribution in [2.75, 3.05) is 25.1 Å². The number of rotatable bonds is 9. The first-order valence-corrected chi connectivity index (χ1v) is 11.3. The van der Waals surface area contributed by atoms with Gasteiger partial charge in [-0.05, 0) is 52.3 Å². The third-order valence-electron chi connectivity index (χ3n) is 4.55. The molecule has 0 bridgehead atoms. The Morgan fingerprint density at radius 2 is 1.61 bits per heavy atom. The molecule has 0 aliphatic heterocycles. The Bertz CT molecular complexity index is 1030. The summed E-state index contributed by atoms with van der Waals surface area (Å²) in [6, 6.07) is 9.58. The summed E-state index contributed by atoms with van der Waals surface area (Å²) in [6.45, 7) is 11.1. The zero-order chi connectivity index (χ0) is 22.4. The lowest BCUT2D eigenvalue weighted by molar-refractivity contribution is 0.102. The highest BCUT2D eigenvalue weighted by molar-refractivity contribution is 7.14. The second-order valence-electron chi connectivity index (χ2n) is 6.91. The van der Waals surface area contributed by atoms with Crippen LogP contribution in [-0.4, -0.2) is 30.7 Å². The molecule has 0 atom stereocenters. The van der Waals surface area contributed by atoms with E-state index < -0.39 is 0 Å². The van der Waals surface area contributed by atoms with Crippen molar-refractivity contribution in [1.29, 1.82) is 0 Å². The molecule has 0 radical (unpaired) electrons. The first-order chi connectivity index (χ1) is 15.0. The van der Waals surface area contributed by atoms with Gasteiger partial charge in [-0.3, -0.25) is 10.1 Å². The van der Waals surface area contributed by atoms with Crippen LogP contribution in [0.1, 0.15) is 42.3 Å². The highest BCUT2D eigenvalue weighted by Gasteiger charge is 2.19. The van der Waals surface area contributed by atoms with Gasteiger partial charge < -0.3 is 14.2 Å². The molecule has 0 aliphatic rings. The predicted molar refractivity (Wildman–Crippen MR) is 125 cm³/mol. The molecule has 3 rings (SSSR count). The number of anilines is 1. The van der Waals surface area contributed by atoms with Gasteiger partial charge in [-0.15, -0.1) is 11.3 Å². The summed E-state index contributed by atoms with van der Waals surface area (Å²) in [5, 5.41) is 5.37. The fourth-order valence-corrected chi connectivity index (χ4v) is 3.95. The number of aryl methyl sites for hydroxylation is 2. The minimum Gasteiger partial charge on any atom is -0.490 e. The normalized spacial score (nSPS) is 10.6. The van der Waals surface area contributed by atoms with Gasteiger partial charge in [0, 0.05) is 16.5 Å². The fraction of sp³-hybridized carbons (Fsp3) is 0.333. The van der Waals surface area contributed by atoms with Crippen molar-refractivity contribution < 1.29 is 19.0 Å². The van der Waals surface area contributed by atoms with Crippen molar-refractivity contribution in [2.45, 2.75) is 34.6 Å². The van der Waals surface area contributed by atoms with E-state index in [1.165, 1.54) is 16.9 Å². The first kappa shape index (κ1) is 22.6. The van der Waals surface area contributed by atoms with Crippen LogP contribution >= 0.6 is 11.3 Å². The molecule has 3 aromatic rings. The summed E-state index contributed by atoms with van der Waals surface area (Å²) in [5.41, 5.74) is 4.67. The minimum absolute atomic E-state index is 0.286. The van der Waals surface area contributed by atoms with Crippen molar-refractivity contribution in [1.82, 2.24) is 4.98 Å². The van der Waals surface area contributed by atoms with Crippen LogP contribution in [0.25, 0.3) is 11.3 Å². The molecular formula is C24H28N2O4S. The van der Waals surface area contributed by atoms with Gasteiger partial charge in [0.05, 0.1) is 25.5 Å². The summed E-state index contributed by atoms with van der Waals surface area (Å²) >= 11 is 1.39. The van der Waals surface area contributed by atoms with Crippen LogP contribution in [0.4, 0.5) is 5.13 Å². The zero-order valence-corrected chi connectivity index (χ0v) is 19.4. The first-order valence-electron chi connectivity index (χ1n) is 10.4. The Morgan fingerprint density at radius 3 is 2.19 bits per heavy atom. The van der Waals surface area contributed by atoms with Crippen LogP contribution in [-0.2, 0) is 0 Å². The van der Waals surface area contributed by atoms with E-state index in [0.717, 1.165) is 16.8 Å². The van der Waals surface area contributed by atoms with Crippen LogP contribution in [0.3, 0.4) is 0 Å². The van der Waals surface area contributed by atoms with Crippen LogP contribution in [0.5, 0.6) is 17.2 Å². The molecule has 0 unspecified atom stereocenters. The molecular weight excluding hydrogens is 412 g/mol. The van der Waals surface area contributed by atoms with Gasteiger partial charge in [-0.2, -0.15) is 0 Å². The molecule has 0 aliphatic carbocycles. The Labute approximate surface area is 187 Å². The van der Waals surface area contributed by atoms with Gasteiger partial charge in [-0.1, -0.05) is 23.8 Å². The number of hydrogen-bond acceptors (Lipinski definition) is 6. The van der Waals surface area contributed by atoms with E-state index in [1.54, 1.807) is 12.1 Å². The molecule has 0 fully saturated rings. The molecule has 1 N–H and O–H groups in total. The van der Waals surface area contributed by atoms with Crippen molar-refractivity contribution in [3.63, 3.8) is 0 Å². The molecule has 1 aromatic heterocycles. The number of ether oxygens (including phenoxy) is 3. The number of nitrogens with one attached hydrogen (secondary N) is 1. The Kier molecular flexibility index (Phi) is 7.52. The number of benzene rings is 2. The highest BCUT2D eigenvalue weighted by atomic mass is 32.1. The van der Waals surface area contributed by atoms with E-state index in [4.69, 9.17) is 14.2 Å². The third-order valence-corrected chi connectivity index (χ3v) is 5.31. The SMILES string of the molecule is CCOc1cc(C(=O)Nc2nc(-c3ccc(C)cc3C)cs2)cc(OCC)c1OCC. The second kappa shape index (κ2) is 10.3. The van der Waals surface area contributed by atoms with Crippen LogP contribution in [0.15, 0.2) is 35.7 Å². The topological polar surface area (TPSA) is 69.7 Å². The van der Waals surface area contributed by atoms with Crippen molar-refractivity contribution in [3.05, 3.63) is 52.4 Å². The molecule has 6 nitrogen and oxygen atoms in total. The van der Waals surface area contributed by atoms with Gasteiger partial charge in [0.25, 0.3) is 5.91 Å². The number of carbonyl (C=O) groups excluding carboxylic acids is 1. The smallest absolute Gasteiger partial charge is 0.257 e. The predicted octanol–water partition coefficient (Wildman–Crippen LogP) is 5.88. The highest BCUT2D eigenvalue weighted by Crippen LogP contribution is 2.39. The van der Waals surface area contributed by atoms with Gasteiger partial charge in [0.2, 0.25) is 5.75 Å². The molecule has 7 heteroatoms. The molecule has 164 valence electrons. The van der Waals surface area contributed by atoms with Crippen LogP contribution < -0.4 is 19.5 Å². The van der Waals surface area contributed by atoms with E-state index in [-0.39, 0.29) is 5.91 Å². The Hall–Kier alpha value is -3.06.